The molecule has 2 aliphatic rings. The van der Waals surface area contributed by atoms with Gasteiger partial charge < -0.3 is 19.6 Å². The van der Waals surface area contributed by atoms with E-state index in [0.29, 0.717) is 19.6 Å². The first-order valence-electron chi connectivity index (χ1n) is 8.37. The fourth-order valence-corrected chi connectivity index (χ4v) is 3.78. The second kappa shape index (κ2) is 6.61. The highest BCUT2D eigenvalue weighted by atomic mass is 35.5. The summed E-state index contributed by atoms with van der Waals surface area (Å²) in [5.41, 5.74) is -1.03. The van der Waals surface area contributed by atoms with Crippen molar-refractivity contribution in [2.45, 2.75) is 6.04 Å². The normalized spacial score (nSPS) is 19.9. The van der Waals surface area contributed by atoms with Gasteiger partial charge in [0.05, 0.1) is 11.6 Å². The van der Waals surface area contributed by atoms with E-state index in [1.54, 1.807) is 4.90 Å². The number of aromatic nitrogens is 1. The molecule has 0 radical (unpaired) electrons. The van der Waals surface area contributed by atoms with Gasteiger partial charge in [-0.2, -0.15) is 4.39 Å². The second-order valence-corrected chi connectivity index (χ2v) is 7.01. The Hall–Kier alpha value is -2.45. The second-order valence-electron chi connectivity index (χ2n) is 6.63. The Labute approximate surface area is 158 Å². The van der Waals surface area contributed by atoms with Crippen molar-refractivity contribution in [2.24, 2.45) is 0 Å². The lowest BCUT2D eigenvalue weighted by Gasteiger charge is -2.38. The molecule has 9 heteroatoms. The van der Waals surface area contributed by atoms with Gasteiger partial charge in [0.15, 0.2) is 5.75 Å². The number of nitrogens with zero attached hydrogens (tertiary/aromatic N) is 3. The molecule has 2 aliphatic heterocycles. The maximum Gasteiger partial charge on any atom is 0.262 e. The van der Waals surface area contributed by atoms with Crippen LogP contribution in [0.3, 0.4) is 0 Å². The number of halogens is 3. The molecular weight excluding hydrogens is 380 g/mol. The minimum Gasteiger partial charge on any atom is -0.507 e. The summed E-state index contributed by atoms with van der Waals surface area (Å²) < 4.78 is 34.7. The fourth-order valence-electron chi connectivity index (χ4n) is 3.49. The van der Waals surface area contributed by atoms with Gasteiger partial charge in [-0.25, -0.2) is 9.37 Å². The van der Waals surface area contributed by atoms with Crippen molar-refractivity contribution in [1.82, 2.24) is 14.8 Å². The number of benzene rings is 1. The van der Waals surface area contributed by atoms with Crippen LogP contribution in [0.5, 0.6) is 11.5 Å². The average molecular weight is 396 g/mol. The van der Waals surface area contributed by atoms with Gasteiger partial charge >= 0.3 is 0 Å². The molecule has 1 aromatic carbocycles. The summed E-state index contributed by atoms with van der Waals surface area (Å²) in [5, 5.41) is 9.77. The van der Waals surface area contributed by atoms with E-state index in [0.717, 1.165) is 6.07 Å². The number of hydrogen-bond acceptors (Lipinski definition) is 5. The number of piperazine rings is 1. The third kappa shape index (κ3) is 2.89. The van der Waals surface area contributed by atoms with Gasteiger partial charge in [-0.05, 0) is 19.2 Å². The lowest BCUT2D eigenvalue weighted by atomic mass is 10.1. The SMILES string of the molecule is CN1CCN2C(=O)c3c(F)nc(-c4c(O)cccc4F)c(Cl)c3OC[C@H]2C1. The molecule has 1 aromatic heterocycles. The van der Waals surface area contributed by atoms with Crippen molar-refractivity contribution in [1.29, 1.82) is 0 Å². The van der Waals surface area contributed by atoms with Crippen molar-refractivity contribution in [3.63, 3.8) is 0 Å². The summed E-state index contributed by atoms with van der Waals surface area (Å²) >= 11 is 6.33. The molecule has 1 atom stereocenters. The lowest BCUT2D eigenvalue weighted by molar-refractivity contribution is 0.0439. The highest BCUT2D eigenvalue weighted by Gasteiger charge is 2.38. The Morgan fingerprint density at radius 2 is 2.07 bits per heavy atom. The van der Waals surface area contributed by atoms with Crippen LogP contribution >= 0.6 is 11.6 Å². The molecule has 0 unspecified atom stereocenters. The van der Waals surface area contributed by atoms with Crippen molar-refractivity contribution >= 4 is 17.5 Å². The number of ether oxygens (including phenoxy) is 1. The van der Waals surface area contributed by atoms with Crippen molar-refractivity contribution in [2.75, 3.05) is 33.3 Å². The largest absolute Gasteiger partial charge is 0.507 e. The molecule has 0 spiro atoms. The standard InChI is InChI=1S/C18H16ClF2N3O3/c1-23-5-6-24-9(7-23)8-27-16-13(18(24)26)17(21)22-15(14(16)19)12-10(20)3-2-4-11(12)25/h2-4,9,25H,5-8H2,1H3/t9-/m1/s1. The first-order valence-corrected chi connectivity index (χ1v) is 8.75. The summed E-state index contributed by atoms with van der Waals surface area (Å²) in [4.78, 5) is 20.2. The van der Waals surface area contributed by atoms with Gasteiger partial charge in [0.1, 0.15) is 34.5 Å². The number of aromatic hydroxyl groups is 1. The van der Waals surface area contributed by atoms with E-state index in [9.17, 15) is 18.7 Å². The van der Waals surface area contributed by atoms with Crippen LogP contribution in [0.4, 0.5) is 8.78 Å². The maximum atomic E-state index is 14.8. The number of carbonyl (C=O) groups is 1. The predicted octanol–water partition coefficient (Wildman–Crippen LogP) is 2.53. The van der Waals surface area contributed by atoms with Crippen molar-refractivity contribution in [3.05, 3.63) is 40.6 Å². The van der Waals surface area contributed by atoms with Crippen LogP contribution in [0.2, 0.25) is 5.02 Å². The smallest absolute Gasteiger partial charge is 0.262 e. The molecule has 0 bridgehead atoms. The molecular formula is C18H16ClF2N3O3. The predicted molar refractivity (Wildman–Crippen MR) is 94.1 cm³/mol. The van der Waals surface area contributed by atoms with Crippen LogP contribution in [-0.4, -0.2) is 65.1 Å². The molecule has 4 rings (SSSR count). The monoisotopic (exact) mass is 395 g/mol. The fraction of sp³-hybridized carbons (Fsp3) is 0.333. The summed E-state index contributed by atoms with van der Waals surface area (Å²) in [7, 11) is 1.92. The zero-order valence-electron chi connectivity index (χ0n) is 14.4. The summed E-state index contributed by atoms with van der Waals surface area (Å²) in [6.45, 7) is 1.78. The van der Waals surface area contributed by atoms with E-state index in [1.165, 1.54) is 12.1 Å². The summed E-state index contributed by atoms with van der Waals surface area (Å²) in [6, 6.07) is 3.38. The number of fused-ring (bicyclic) bond motifs is 2. The maximum absolute atomic E-state index is 14.8. The Kier molecular flexibility index (Phi) is 4.39. The van der Waals surface area contributed by atoms with Crippen LogP contribution in [0.1, 0.15) is 10.4 Å². The Morgan fingerprint density at radius 1 is 1.30 bits per heavy atom. The number of likely N-dealkylation sites (N-methyl/N-ethyl adjacent to an activating group) is 1. The zero-order valence-corrected chi connectivity index (χ0v) is 15.1. The lowest BCUT2D eigenvalue weighted by Crippen LogP contribution is -2.55. The Bertz CT molecular complexity index is 920. The van der Waals surface area contributed by atoms with Gasteiger partial charge in [-0.1, -0.05) is 17.7 Å². The Morgan fingerprint density at radius 3 is 2.81 bits per heavy atom. The van der Waals surface area contributed by atoms with Crippen LogP contribution in [0, 0.1) is 11.8 Å². The third-order valence-corrected chi connectivity index (χ3v) is 5.21. The molecule has 0 saturated carbocycles. The quantitative estimate of drug-likeness (QED) is 0.752. The molecule has 3 heterocycles. The van der Waals surface area contributed by atoms with E-state index >= 15 is 0 Å². The first kappa shape index (κ1) is 17.9. The molecule has 1 amide bonds. The van der Waals surface area contributed by atoms with Crippen LogP contribution in [0.15, 0.2) is 18.2 Å². The number of phenols is 1. The van der Waals surface area contributed by atoms with Gasteiger partial charge in [0.25, 0.3) is 5.91 Å². The number of phenolic OH excluding ortho intramolecular Hbond substituents is 1. The molecule has 1 fully saturated rings. The van der Waals surface area contributed by atoms with Crippen LogP contribution in [-0.2, 0) is 0 Å². The van der Waals surface area contributed by atoms with E-state index in [2.05, 4.69) is 4.98 Å². The van der Waals surface area contributed by atoms with Crippen LogP contribution < -0.4 is 4.74 Å². The number of hydrogen-bond donors (Lipinski definition) is 1. The molecule has 27 heavy (non-hydrogen) atoms. The number of carbonyl (C=O) groups excluding carboxylic acids is 1. The zero-order chi connectivity index (χ0) is 19.3. The van der Waals surface area contributed by atoms with Gasteiger partial charge in [0, 0.05) is 19.6 Å². The number of amides is 1. The third-order valence-electron chi connectivity index (χ3n) is 4.86. The van der Waals surface area contributed by atoms with E-state index < -0.39 is 23.4 Å². The Balaban J connectivity index is 1.87. The van der Waals surface area contributed by atoms with E-state index in [1.807, 2.05) is 11.9 Å². The summed E-state index contributed by atoms with van der Waals surface area (Å²) in [6.07, 6.45) is 0. The highest BCUT2D eigenvalue weighted by molar-refractivity contribution is 6.35. The molecule has 1 saturated heterocycles. The van der Waals surface area contributed by atoms with Gasteiger partial charge in [-0.15, -0.1) is 0 Å². The number of pyridine rings is 1. The van der Waals surface area contributed by atoms with Crippen molar-refractivity contribution < 1.29 is 23.4 Å². The van der Waals surface area contributed by atoms with E-state index in [-0.39, 0.29) is 40.2 Å². The number of rotatable bonds is 1. The molecule has 2 aromatic rings. The molecule has 6 nitrogen and oxygen atoms in total. The minimum atomic E-state index is -1.11. The summed E-state index contributed by atoms with van der Waals surface area (Å²) in [5.74, 6) is -3.11. The topological polar surface area (TPSA) is 65.9 Å². The van der Waals surface area contributed by atoms with Crippen LogP contribution in [0.25, 0.3) is 11.3 Å². The van der Waals surface area contributed by atoms with Gasteiger partial charge in [-0.3, -0.25) is 4.79 Å². The highest BCUT2D eigenvalue weighted by Crippen LogP contribution is 2.43. The molecule has 142 valence electrons. The molecule has 0 aliphatic carbocycles. The molecule has 1 N–H and O–H groups in total. The van der Waals surface area contributed by atoms with E-state index in [4.69, 9.17) is 16.3 Å². The van der Waals surface area contributed by atoms with Crippen molar-refractivity contribution in [3.8, 4) is 22.8 Å². The average Bonchev–Trinajstić information content (AvgIpc) is 2.76. The van der Waals surface area contributed by atoms with Gasteiger partial charge in [0.2, 0.25) is 5.95 Å². The first-order chi connectivity index (χ1) is 12.9. The minimum absolute atomic E-state index is 0.120.